The topological polar surface area (TPSA) is 12.0 Å². The minimum absolute atomic E-state index is 0.0903. The molecule has 2 heteroatoms. The molecule has 1 aromatic rings. The monoisotopic (exact) mass is 193 g/mol. The van der Waals surface area contributed by atoms with Gasteiger partial charge in [-0.25, -0.2) is 4.39 Å². The number of halogens is 1. The third-order valence-electron chi connectivity index (χ3n) is 2.70. The highest BCUT2D eigenvalue weighted by atomic mass is 19.1. The van der Waals surface area contributed by atoms with Crippen molar-refractivity contribution in [2.24, 2.45) is 0 Å². The highest BCUT2D eigenvalue weighted by Crippen LogP contribution is 2.26. The first-order chi connectivity index (χ1) is 6.81. The van der Waals surface area contributed by atoms with Gasteiger partial charge in [0.15, 0.2) is 0 Å². The number of hydrogen-bond donors (Lipinski definition) is 1. The van der Waals surface area contributed by atoms with E-state index in [2.05, 4.69) is 12.2 Å². The van der Waals surface area contributed by atoms with E-state index in [1.165, 1.54) is 18.9 Å². The van der Waals surface area contributed by atoms with Crippen molar-refractivity contribution in [2.75, 3.05) is 0 Å². The van der Waals surface area contributed by atoms with Crippen LogP contribution in [0.3, 0.4) is 0 Å². The van der Waals surface area contributed by atoms with Crippen molar-refractivity contribution in [1.82, 2.24) is 5.32 Å². The van der Waals surface area contributed by atoms with E-state index >= 15 is 0 Å². The van der Waals surface area contributed by atoms with E-state index < -0.39 is 0 Å². The van der Waals surface area contributed by atoms with Crippen LogP contribution in [0.2, 0.25) is 0 Å². The van der Waals surface area contributed by atoms with E-state index in [-0.39, 0.29) is 11.9 Å². The van der Waals surface area contributed by atoms with Crippen molar-refractivity contribution in [3.63, 3.8) is 0 Å². The second kappa shape index (κ2) is 4.09. The molecule has 1 atom stereocenters. The van der Waals surface area contributed by atoms with Crippen molar-refractivity contribution in [2.45, 2.75) is 38.3 Å². The Balaban J connectivity index is 2.12. The first-order valence-corrected chi connectivity index (χ1v) is 5.31. The number of nitrogens with one attached hydrogen (secondary N) is 1. The minimum atomic E-state index is -0.0903. The molecule has 0 saturated heterocycles. The molecule has 0 unspecified atom stereocenters. The van der Waals surface area contributed by atoms with E-state index in [4.69, 9.17) is 0 Å². The Bertz CT molecular complexity index is 307. The molecule has 1 aliphatic carbocycles. The molecule has 1 aromatic carbocycles. The molecule has 0 bridgehead atoms. The maximum Gasteiger partial charge on any atom is 0.127 e. The van der Waals surface area contributed by atoms with Crippen molar-refractivity contribution in [3.05, 3.63) is 35.6 Å². The standard InChI is InChI=1S/C12H16FN/c1-2-12(14-9-7-8-9)10-5-3-4-6-11(10)13/h3-6,9,12,14H,2,7-8H2,1H3/t12-/m1/s1. The molecule has 1 aliphatic rings. The van der Waals surface area contributed by atoms with Crippen LogP contribution in [0.15, 0.2) is 24.3 Å². The second-order valence-corrected chi connectivity index (χ2v) is 3.92. The van der Waals surface area contributed by atoms with Gasteiger partial charge in [0.1, 0.15) is 5.82 Å². The molecule has 2 rings (SSSR count). The first kappa shape index (κ1) is 9.66. The fourth-order valence-corrected chi connectivity index (χ4v) is 1.72. The zero-order valence-electron chi connectivity index (χ0n) is 8.46. The van der Waals surface area contributed by atoms with Crippen LogP contribution in [0.25, 0.3) is 0 Å². The van der Waals surface area contributed by atoms with Crippen LogP contribution in [0, 0.1) is 5.82 Å². The molecule has 0 spiro atoms. The first-order valence-electron chi connectivity index (χ1n) is 5.31. The van der Waals surface area contributed by atoms with E-state index in [1.54, 1.807) is 6.07 Å². The maximum absolute atomic E-state index is 13.5. The lowest BCUT2D eigenvalue weighted by atomic mass is 10.0. The molecule has 0 aliphatic heterocycles. The smallest absolute Gasteiger partial charge is 0.127 e. The van der Waals surface area contributed by atoms with Crippen LogP contribution in [0.4, 0.5) is 4.39 Å². The SMILES string of the molecule is CC[C@@H](NC1CC1)c1ccccc1F. The average Bonchev–Trinajstić information content (AvgIpc) is 2.99. The molecule has 0 amide bonds. The highest BCUT2D eigenvalue weighted by molar-refractivity contribution is 5.21. The lowest BCUT2D eigenvalue weighted by molar-refractivity contribution is 0.486. The maximum atomic E-state index is 13.5. The van der Waals surface area contributed by atoms with Crippen molar-refractivity contribution in [3.8, 4) is 0 Å². The Kier molecular flexibility index (Phi) is 2.82. The zero-order valence-corrected chi connectivity index (χ0v) is 8.46. The predicted octanol–water partition coefficient (Wildman–Crippen LogP) is 3.03. The van der Waals surface area contributed by atoms with Gasteiger partial charge in [-0.15, -0.1) is 0 Å². The van der Waals surface area contributed by atoms with Crippen LogP contribution < -0.4 is 5.32 Å². The van der Waals surface area contributed by atoms with Gasteiger partial charge in [-0.05, 0) is 25.3 Å². The van der Waals surface area contributed by atoms with Gasteiger partial charge in [0.25, 0.3) is 0 Å². The van der Waals surface area contributed by atoms with E-state index in [1.807, 2.05) is 12.1 Å². The van der Waals surface area contributed by atoms with Gasteiger partial charge < -0.3 is 5.32 Å². The average molecular weight is 193 g/mol. The molecular weight excluding hydrogens is 177 g/mol. The van der Waals surface area contributed by atoms with Crippen molar-refractivity contribution < 1.29 is 4.39 Å². The van der Waals surface area contributed by atoms with Gasteiger partial charge in [0.2, 0.25) is 0 Å². The van der Waals surface area contributed by atoms with Gasteiger partial charge in [-0.2, -0.15) is 0 Å². The third kappa shape index (κ3) is 2.13. The molecule has 1 nitrogen and oxygen atoms in total. The van der Waals surface area contributed by atoms with Crippen molar-refractivity contribution in [1.29, 1.82) is 0 Å². The van der Waals surface area contributed by atoms with Crippen LogP contribution in [-0.2, 0) is 0 Å². The molecule has 1 N–H and O–H groups in total. The number of benzene rings is 1. The summed E-state index contributed by atoms with van der Waals surface area (Å²) in [6.07, 6.45) is 3.42. The summed E-state index contributed by atoms with van der Waals surface area (Å²) in [5, 5.41) is 3.46. The Morgan fingerprint density at radius 1 is 1.43 bits per heavy atom. The molecule has 14 heavy (non-hydrogen) atoms. The summed E-state index contributed by atoms with van der Waals surface area (Å²) in [6.45, 7) is 2.09. The lowest BCUT2D eigenvalue weighted by Gasteiger charge is -2.17. The number of rotatable bonds is 4. The lowest BCUT2D eigenvalue weighted by Crippen LogP contribution is -2.23. The minimum Gasteiger partial charge on any atom is -0.307 e. The molecule has 0 heterocycles. The van der Waals surface area contributed by atoms with Crippen LogP contribution in [0.5, 0.6) is 0 Å². The molecule has 0 aromatic heterocycles. The molecule has 1 fully saturated rings. The summed E-state index contributed by atoms with van der Waals surface area (Å²) in [6, 6.07) is 7.85. The zero-order chi connectivity index (χ0) is 9.97. The van der Waals surface area contributed by atoms with E-state index in [0.29, 0.717) is 6.04 Å². The Morgan fingerprint density at radius 2 is 2.14 bits per heavy atom. The Labute approximate surface area is 84.3 Å². The molecule has 0 radical (unpaired) electrons. The molecule has 76 valence electrons. The predicted molar refractivity (Wildman–Crippen MR) is 55.6 cm³/mol. The van der Waals surface area contributed by atoms with Gasteiger partial charge in [0, 0.05) is 17.6 Å². The normalized spacial score (nSPS) is 18.1. The van der Waals surface area contributed by atoms with Crippen LogP contribution in [-0.4, -0.2) is 6.04 Å². The fraction of sp³-hybridized carbons (Fsp3) is 0.500. The summed E-state index contributed by atoms with van der Waals surface area (Å²) in [4.78, 5) is 0. The summed E-state index contributed by atoms with van der Waals surface area (Å²) in [7, 11) is 0. The second-order valence-electron chi connectivity index (χ2n) is 3.92. The fourth-order valence-electron chi connectivity index (χ4n) is 1.72. The summed E-state index contributed by atoms with van der Waals surface area (Å²) >= 11 is 0. The molecule has 1 saturated carbocycles. The quantitative estimate of drug-likeness (QED) is 0.775. The van der Waals surface area contributed by atoms with Crippen molar-refractivity contribution >= 4 is 0 Å². The summed E-state index contributed by atoms with van der Waals surface area (Å²) in [5.74, 6) is -0.0903. The molecular formula is C12H16FN. The van der Waals surface area contributed by atoms with E-state index in [0.717, 1.165) is 12.0 Å². The van der Waals surface area contributed by atoms with Crippen LogP contribution in [0.1, 0.15) is 37.8 Å². The van der Waals surface area contributed by atoms with Crippen LogP contribution >= 0.6 is 0 Å². The Morgan fingerprint density at radius 3 is 2.71 bits per heavy atom. The largest absolute Gasteiger partial charge is 0.307 e. The van der Waals surface area contributed by atoms with Gasteiger partial charge in [-0.3, -0.25) is 0 Å². The Hall–Kier alpha value is -0.890. The van der Waals surface area contributed by atoms with Gasteiger partial charge >= 0.3 is 0 Å². The van der Waals surface area contributed by atoms with E-state index in [9.17, 15) is 4.39 Å². The summed E-state index contributed by atoms with van der Waals surface area (Å²) < 4.78 is 13.5. The van der Waals surface area contributed by atoms with Gasteiger partial charge in [0.05, 0.1) is 0 Å². The van der Waals surface area contributed by atoms with Gasteiger partial charge in [-0.1, -0.05) is 25.1 Å². The number of hydrogen-bond acceptors (Lipinski definition) is 1. The third-order valence-corrected chi connectivity index (χ3v) is 2.70. The highest BCUT2D eigenvalue weighted by Gasteiger charge is 2.25. The summed E-state index contributed by atoms with van der Waals surface area (Å²) in [5.41, 5.74) is 0.807.